The molecule has 2 aromatic rings. The molecule has 7 nitrogen and oxygen atoms in total. The third kappa shape index (κ3) is 3.53. The van der Waals surface area contributed by atoms with Gasteiger partial charge < -0.3 is 10.2 Å². The number of hydrogen-bond donors (Lipinski definition) is 1. The van der Waals surface area contributed by atoms with Gasteiger partial charge in [0.25, 0.3) is 5.91 Å². The molecule has 0 bridgehead atoms. The van der Waals surface area contributed by atoms with E-state index in [0.29, 0.717) is 11.4 Å². The minimum Gasteiger partial charge on any atom is -0.345 e. The summed E-state index contributed by atoms with van der Waals surface area (Å²) in [5, 5.41) is 4.47. The van der Waals surface area contributed by atoms with Gasteiger partial charge >= 0.3 is 0 Å². The Morgan fingerprint density at radius 1 is 1.43 bits per heavy atom. The van der Waals surface area contributed by atoms with Crippen LogP contribution in [0.25, 0.3) is 0 Å². The Kier molecular flexibility index (Phi) is 4.61. The Morgan fingerprint density at radius 2 is 2.30 bits per heavy atom. The summed E-state index contributed by atoms with van der Waals surface area (Å²) >= 11 is 1.37. The lowest BCUT2D eigenvalue weighted by Gasteiger charge is -2.22. The van der Waals surface area contributed by atoms with Crippen molar-refractivity contribution in [2.24, 2.45) is 0 Å². The zero-order valence-electron chi connectivity index (χ0n) is 12.7. The molecule has 23 heavy (non-hydrogen) atoms. The van der Waals surface area contributed by atoms with Crippen molar-refractivity contribution >= 4 is 23.2 Å². The van der Waals surface area contributed by atoms with E-state index in [1.54, 1.807) is 30.2 Å². The second-order valence-corrected chi connectivity index (χ2v) is 6.08. The number of carbonyl (C=O) groups is 2. The summed E-state index contributed by atoms with van der Waals surface area (Å²) in [7, 11) is 0. The first-order valence-electron chi connectivity index (χ1n) is 7.39. The van der Waals surface area contributed by atoms with Crippen molar-refractivity contribution in [3.63, 3.8) is 0 Å². The van der Waals surface area contributed by atoms with Crippen molar-refractivity contribution < 1.29 is 9.59 Å². The summed E-state index contributed by atoms with van der Waals surface area (Å²) in [5.41, 5.74) is 3.46. The molecule has 0 unspecified atom stereocenters. The molecule has 0 radical (unpaired) electrons. The Morgan fingerprint density at radius 3 is 3.04 bits per heavy atom. The van der Waals surface area contributed by atoms with E-state index in [1.807, 2.05) is 4.90 Å². The highest BCUT2D eigenvalue weighted by Gasteiger charge is 2.29. The minimum absolute atomic E-state index is 0.0193. The summed E-state index contributed by atoms with van der Waals surface area (Å²) in [6.45, 7) is 2.61. The zero-order valence-corrected chi connectivity index (χ0v) is 13.5. The van der Waals surface area contributed by atoms with E-state index in [0.717, 1.165) is 25.1 Å². The Bertz CT molecular complexity index is 704. The molecule has 2 aromatic heterocycles. The standard InChI is InChI=1S/C15H17N5O2S/c1-10(21)20-4-2-3-14(20)12-7-16-5-11(19-12)6-17-15(22)13-8-23-9-18-13/h5,7-9,14H,2-4,6H2,1H3,(H,17,22)/t14-/m1/s1. The molecule has 1 aliphatic rings. The van der Waals surface area contributed by atoms with Crippen molar-refractivity contribution in [1.29, 1.82) is 0 Å². The van der Waals surface area contributed by atoms with Gasteiger partial charge in [0.15, 0.2) is 0 Å². The quantitative estimate of drug-likeness (QED) is 0.918. The first kappa shape index (κ1) is 15.5. The van der Waals surface area contributed by atoms with Crippen LogP contribution in [0.15, 0.2) is 23.3 Å². The fourth-order valence-corrected chi connectivity index (χ4v) is 3.24. The maximum absolute atomic E-state index is 11.9. The van der Waals surface area contributed by atoms with Crippen LogP contribution in [0.3, 0.4) is 0 Å². The molecule has 2 amide bonds. The van der Waals surface area contributed by atoms with Gasteiger partial charge in [0.1, 0.15) is 5.69 Å². The van der Waals surface area contributed by atoms with E-state index >= 15 is 0 Å². The van der Waals surface area contributed by atoms with Gasteiger partial charge in [0, 0.05) is 18.8 Å². The lowest BCUT2D eigenvalue weighted by atomic mass is 10.1. The second-order valence-electron chi connectivity index (χ2n) is 5.36. The summed E-state index contributed by atoms with van der Waals surface area (Å²) in [6.07, 6.45) is 5.18. The van der Waals surface area contributed by atoms with Crippen molar-refractivity contribution in [3.8, 4) is 0 Å². The number of nitrogens with zero attached hydrogens (tertiary/aromatic N) is 4. The SMILES string of the molecule is CC(=O)N1CCC[C@@H]1c1cncc(CNC(=O)c2cscn2)n1. The number of amides is 2. The molecule has 1 saturated heterocycles. The van der Waals surface area contributed by atoms with Gasteiger partial charge in [-0.05, 0) is 12.8 Å². The van der Waals surface area contributed by atoms with Crippen molar-refractivity contribution in [3.05, 3.63) is 40.4 Å². The molecule has 1 atom stereocenters. The van der Waals surface area contributed by atoms with Crippen LogP contribution in [0, 0.1) is 0 Å². The molecule has 1 fully saturated rings. The van der Waals surface area contributed by atoms with E-state index < -0.39 is 0 Å². The second kappa shape index (κ2) is 6.82. The fraction of sp³-hybridized carbons (Fsp3) is 0.400. The van der Waals surface area contributed by atoms with Gasteiger partial charge in [-0.3, -0.25) is 19.6 Å². The van der Waals surface area contributed by atoms with Gasteiger partial charge in [0.05, 0.1) is 41.9 Å². The van der Waals surface area contributed by atoms with Crippen LogP contribution in [-0.2, 0) is 11.3 Å². The number of thiazole rings is 1. The van der Waals surface area contributed by atoms with Gasteiger partial charge in [-0.1, -0.05) is 0 Å². The molecular formula is C15H17N5O2S. The van der Waals surface area contributed by atoms with Gasteiger partial charge in [-0.25, -0.2) is 4.98 Å². The smallest absolute Gasteiger partial charge is 0.271 e. The van der Waals surface area contributed by atoms with Crippen LogP contribution in [0.5, 0.6) is 0 Å². The van der Waals surface area contributed by atoms with Crippen LogP contribution in [0.2, 0.25) is 0 Å². The monoisotopic (exact) mass is 331 g/mol. The maximum Gasteiger partial charge on any atom is 0.271 e. The van der Waals surface area contributed by atoms with Crippen LogP contribution in [0.4, 0.5) is 0 Å². The normalized spacial score (nSPS) is 17.3. The molecule has 3 rings (SSSR count). The number of hydrogen-bond acceptors (Lipinski definition) is 6. The van der Waals surface area contributed by atoms with E-state index in [-0.39, 0.29) is 24.4 Å². The average Bonchev–Trinajstić information content (AvgIpc) is 3.23. The number of likely N-dealkylation sites (tertiary alicyclic amines) is 1. The first-order valence-corrected chi connectivity index (χ1v) is 8.34. The minimum atomic E-state index is -0.232. The van der Waals surface area contributed by atoms with Gasteiger partial charge in [0.2, 0.25) is 5.91 Å². The molecule has 0 aliphatic carbocycles. The zero-order chi connectivity index (χ0) is 16.2. The summed E-state index contributed by atoms with van der Waals surface area (Å²) < 4.78 is 0. The van der Waals surface area contributed by atoms with Crippen LogP contribution in [-0.4, -0.2) is 38.2 Å². The van der Waals surface area contributed by atoms with Crippen LogP contribution >= 0.6 is 11.3 Å². The lowest BCUT2D eigenvalue weighted by molar-refractivity contribution is -0.129. The molecule has 1 aliphatic heterocycles. The predicted molar refractivity (Wildman–Crippen MR) is 84.7 cm³/mol. The Balaban J connectivity index is 1.68. The molecule has 0 aromatic carbocycles. The highest BCUT2D eigenvalue weighted by Crippen LogP contribution is 2.30. The lowest BCUT2D eigenvalue weighted by Crippen LogP contribution is -2.29. The third-order valence-corrected chi connectivity index (χ3v) is 4.38. The number of aromatic nitrogens is 3. The van der Waals surface area contributed by atoms with Crippen molar-refractivity contribution in [1.82, 2.24) is 25.2 Å². The number of nitrogens with one attached hydrogen (secondary N) is 1. The van der Waals surface area contributed by atoms with E-state index in [2.05, 4.69) is 20.3 Å². The molecule has 3 heterocycles. The van der Waals surface area contributed by atoms with Crippen LogP contribution < -0.4 is 5.32 Å². The van der Waals surface area contributed by atoms with Crippen LogP contribution in [0.1, 0.15) is 47.7 Å². The molecule has 8 heteroatoms. The average molecular weight is 331 g/mol. The van der Waals surface area contributed by atoms with Gasteiger partial charge in [-0.2, -0.15) is 0 Å². The largest absolute Gasteiger partial charge is 0.345 e. The number of rotatable bonds is 4. The topological polar surface area (TPSA) is 88.1 Å². The van der Waals surface area contributed by atoms with Crippen molar-refractivity contribution in [2.75, 3.05) is 6.54 Å². The predicted octanol–water partition coefficient (Wildman–Crippen LogP) is 1.55. The van der Waals surface area contributed by atoms with Gasteiger partial charge in [-0.15, -0.1) is 11.3 Å². The Hall–Kier alpha value is -2.35. The maximum atomic E-state index is 11.9. The van der Waals surface area contributed by atoms with E-state index in [4.69, 9.17) is 0 Å². The van der Waals surface area contributed by atoms with Crippen molar-refractivity contribution in [2.45, 2.75) is 32.4 Å². The molecule has 0 saturated carbocycles. The molecule has 120 valence electrons. The molecule has 1 N–H and O–H groups in total. The highest BCUT2D eigenvalue weighted by atomic mass is 32.1. The first-order chi connectivity index (χ1) is 11.1. The molecule has 0 spiro atoms. The summed E-state index contributed by atoms with van der Waals surface area (Å²) in [4.78, 5) is 38.1. The fourth-order valence-electron chi connectivity index (χ4n) is 2.71. The number of carbonyl (C=O) groups excluding carboxylic acids is 2. The molecular weight excluding hydrogens is 314 g/mol. The highest BCUT2D eigenvalue weighted by molar-refractivity contribution is 7.07. The summed E-state index contributed by atoms with van der Waals surface area (Å²) in [5.74, 6) is -0.179. The summed E-state index contributed by atoms with van der Waals surface area (Å²) in [6, 6.07) is -0.0193. The van der Waals surface area contributed by atoms with E-state index in [9.17, 15) is 9.59 Å². The Labute approximate surface area is 137 Å². The van der Waals surface area contributed by atoms with E-state index in [1.165, 1.54) is 11.3 Å². The third-order valence-electron chi connectivity index (χ3n) is 3.80.